The Morgan fingerprint density at radius 1 is 1.54 bits per heavy atom. The monoisotopic (exact) mass is 347 g/mol. The van der Waals surface area contributed by atoms with Crippen LogP contribution in [0.4, 0.5) is 0 Å². The van der Waals surface area contributed by atoms with Crippen LogP contribution in [0.5, 0.6) is 0 Å². The summed E-state index contributed by atoms with van der Waals surface area (Å²) >= 11 is 1.61. The Hall–Kier alpha value is -1.66. The number of rotatable bonds is 5. The van der Waals surface area contributed by atoms with Gasteiger partial charge in [0.05, 0.1) is 12.1 Å². The molecule has 1 saturated heterocycles. The molecule has 6 heteroatoms. The van der Waals surface area contributed by atoms with E-state index in [1.807, 2.05) is 35.7 Å². The van der Waals surface area contributed by atoms with E-state index in [1.54, 1.807) is 11.3 Å². The van der Waals surface area contributed by atoms with Crippen molar-refractivity contribution in [2.45, 2.75) is 26.2 Å². The second-order valence-corrected chi connectivity index (χ2v) is 7.54. The number of nitrogens with zero attached hydrogens (tertiary/aromatic N) is 3. The van der Waals surface area contributed by atoms with Crippen molar-refractivity contribution in [1.29, 1.82) is 0 Å². The van der Waals surface area contributed by atoms with Gasteiger partial charge < -0.3 is 14.2 Å². The average Bonchev–Trinajstić information content (AvgIpc) is 3.17. The van der Waals surface area contributed by atoms with E-state index in [9.17, 15) is 4.79 Å². The van der Waals surface area contributed by atoms with Gasteiger partial charge in [0.1, 0.15) is 5.76 Å². The topological polar surface area (TPSA) is 49.6 Å². The summed E-state index contributed by atoms with van der Waals surface area (Å²) in [5.74, 6) is 2.01. The highest BCUT2D eigenvalue weighted by Gasteiger charge is 2.22. The number of carbonyl (C=O) groups is 1. The molecule has 1 fully saturated rings. The van der Waals surface area contributed by atoms with Crippen LogP contribution in [0.15, 0.2) is 21.2 Å². The maximum Gasteiger partial charge on any atom is 0.228 e. The highest BCUT2D eigenvalue weighted by atomic mass is 32.1. The zero-order chi connectivity index (χ0) is 17.1. The Morgan fingerprint density at radius 2 is 2.38 bits per heavy atom. The number of aryl methyl sites for hydroxylation is 1. The Labute approximate surface area is 147 Å². The molecule has 1 amide bonds. The van der Waals surface area contributed by atoms with E-state index >= 15 is 0 Å². The SMILES string of the molecule is Cc1oc(-c2ccsc2)nc1CC(=O)N(C)CC1CCCN(C)C1. The number of carbonyl (C=O) groups excluding carboxylic acids is 1. The first-order valence-corrected chi connectivity index (χ1v) is 9.38. The predicted octanol–water partition coefficient (Wildman–Crippen LogP) is 3.05. The molecule has 0 spiro atoms. The summed E-state index contributed by atoms with van der Waals surface area (Å²) < 4.78 is 5.72. The lowest BCUT2D eigenvalue weighted by Gasteiger charge is -2.32. The van der Waals surface area contributed by atoms with Crippen LogP contribution in [-0.2, 0) is 11.2 Å². The second kappa shape index (κ2) is 7.49. The zero-order valence-electron chi connectivity index (χ0n) is 14.6. The number of oxazole rings is 1. The molecule has 0 N–H and O–H groups in total. The molecule has 2 aromatic rings. The van der Waals surface area contributed by atoms with Crippen molar-refractivity contribution in [3.8, 4) is 11.5 Å². The van der Waals surface area contributed by atoms with E-state index in [0.717, 1.165) is 36.7 Å². The molecule has 1 unspecified atom stereocenters. The van der Waals surface area contributed by atoms with Crippen LogP contribution < -0.4 is 0 Å². The van der Waals surface area contributed by atoms with Gasteiger partial charge in [-0.25, -0.2) is 4.98 Å². The highest BCUT2D eigenvalue weighted by Crippen LogP contribution is 2.24. The molecule has 3 rings (SSSR count). The van der Waals surface area contributed by atoms with Crippen molar-refractivity contribution in [3.63, 3.8) is 0 Å². The van der Waals surface area contributed by atoms with Crippen LogP contribution >= 0.6 is 11.3 Å². The molecule has 5 nitrogen and oxygen atoms in total. The lowest BCUT2D eigenvalue weighted by Crippen LogP contribution is -2.40. The first-order chi connectivity index (χ1) is 11.5. The minimum absolute atomic E-state index is 0.108. The third-order valence-electron chi connectivity index (χ3n) is 4.66. The van der Waals surface area contributed by atoms with Gasteiger partial charge >= 0.3 is 0 Å². The largest absolute Gasteiger partial charge is 0.441 e. The fourth-order valence-electron chi connectivity index (χ4n) is 3.29. The molecule has 0 bridgehead atoms. The van der Waals surface area contributed by atoms with Crippen LogP contribution in [-0.4, -0.2) is 54.4 Å². The van der Waals surface area contributed by atoms with Crippen LogP contribution in [0.25, 0.3) is 11.5 Å². The normalized spacial score (nSPS) is 18.7. The zero-order valence-corrected chi connectivity index (χ0v) is 15.4. The molecule has 3 heterocycles. The number of hydrogen-bond donors (Lipinski definition) is 0. The van der Waals surface area contributed by atoms with Gasteiger partial charge in [-0.2, -0.15) is 11.3 Å². The Morgan fingerprint density at radius 3 is 3.08 bits per heavy atom. The third-order valence-corrected chi connectivity index (χ3v) is 5.34. The quantitative estimate of drug-likeness (QED) is 0.834. The molecule has 2 aromatic heterocycles. The van der Waals surface area contributed by atoms with Gasteiger partial charge in [0.2, 0.25) is 11.8 Å². The van der Waals surface area contributed by atoms with Crippen LogP contribution in [0.1, 0.15) is 24.3 Å². The predicted molar refractivity (Wildman–Crippen MR) is 96.1 cm³/mol. The van der Waals surface area contributed by atoms with Gasteiger partial charge in [0.15, 0.2) is 0 Å². The molecule has 24 heavy (non-hydrogen) atoms. The molecule has 1 aliphatic heterocycles. The number of amides is 1. The maximum absolute atomic E-state index is 12.5. The van der Waals surface area contributed by atoms with Crippen molar-refractivity contribution in [1.82, 2.24) is 14.8 Å². The fourth-order valence-corrected chi connectivity index (χ4v) is 3.92. The molecule has 1 atom stereocenters. The average molecular weight is 347 g/mol. The summed E-state index contributed by atoms with van der Waals surface area (Å²) in [4.78, 5) is 21.3. The van der Waals surface area contributed by atoms with Crippen molar-refractivity contribution in [3.05, 3.63) is 28.3 Å². The smallest absolute Gasteiger partial charge is 0.228 e. The maximum atomic E-state index is 12.5. The van der Waals surface area contributed by atoms with E-state index in [1.165, 1.54) is 12.8 Å². The molecule has 0 aliphatic carbocycles. The van der Waals surface area contributed by atoms with Crippen LogP contribution in [0.2, 0.25) is 0 Å². The lowest BCUT2D eigenvalue weighted by atomic mass is 9.98. The molecule has 0 radical (unpaired) electrons. The third kappa shape index (κ3) is 4.05. The fraction of sp³-hybridized carbons (Fsp3) is 0.556. The van der Waals surface area contributed by atoms with Crippen molar-refractivity contribution >= 4 is 17.2 Å². The van der Waals surface area contributed by atoms with Crippen molar-refractivity contribution in [2.24, 2.45) is 5.92 Å². The molecule has 1 aliphatic rings. The minimum Gasteiger partial charge on any atom is -0.441 e. The lowest BCUT2D eigenvalue weighted by molar-refractivity contribution is -0.130. The van der Waals surface area contributed by atoms with E-state index in [-0.39, 0.29) is 5.91 Å². The Kier molecular flexibility index (Phi) is 5.36. The number of thiophene rings is 1. The first-order valence-electron chi connectivity index (χ1n) is 8.44. The highest BCUT2D eigenvalue weighted by molar-refractivity contribution is 7.08. The summed E-state index contributed by atoms with van der Waals surface area (Å²) in [6.07, 6.45) is 2.72. The number of hydrogen-bond acceptors (Lipinski definition) is 5. The van der Waals surface area contributed by atoms with Gasteiger partial charge in [-0.05, 0) is 50.7 Å². The number of piperidine rings is 1. The van der Waals surface area contributed by atoms with Gasteiger partial charge in [0, 0.05) is 31.1 Å². The number of aromatic nitrogens is 1. The summed E-state index contributed by atoms with van der Waals surface area (Å²) in [6, 6.07) is 1.98. The van der Waals surface area contributed by atoms with E-state index < -0.39 is 0 Å². The van der Waals surface area contributed by atoms with Crippen LogP contribution in [0.3, 0.4) is 0 Å². The molecule has 0 saturated carbocycles. The van der Waals surface area contributed by atoms with Gasteiger partial charge in [-0.1, -0.05) is 0 Å². The molecular weight excluding hydrogens is 322 g/mol. The van der Waals surface area contributed by atoms with E-state index in [0.29, 0.717) is 18.2 Å². The summed E-state index contributed by atoms with van der Waals surface area (Å²) in [6.45, 7) is 4.93. The number of likely N-dealkylation sites (tertiary alicyclic amines) is 1. The second-order valence-electron chi connectivity index (χ2n) is 6.76. The molecular formula is C18H25N3O2S. The summed E-state index contributed by atoms with van der Waals surface area (Å²) in [5, 5.41) is 4.00. The Bertz CT molecular complexity index is 681. The standard InChI is InChI=1S/C18H25N3O2S/c1-13-16(19-18(23-13)15-6-8-24-12-15)9-17(22)21(3)11-14-5-4-7-20(2)10-14/h6,8,12,14H,4-5,7,9-11H2,1-3H3. The molecule has 130 valence electrons. The van der Waals surface area contributed by atoms with Gasteiger partial charge in [-0.3, -0.25) is 4.79 Å². The summed E-state index contributed by atoms with van der Waals surface area (Å²) in [5.41, 5.74) is 1.72. The summed E-state index contributed by atoms with van der Waals surface area (Å²) in [7, 11) is 4.05. The Balaban J connectivity index is 1.60. The van der Waals surface area contributed by atoms with Crippen molar-refractivity contribution < 1.29 is 9.21 Å². The van der Waals surface area contributed by atoms with Gasteiger partial charge in [0.25, 0.3) is 0 Å². The van der Waals surface area contributed by atoms with Crippen molar-refractivity contribution in [2.75, 3.05) is 33.7 Å². The van der Waals surface area contributed by atoms with E-state index in [2.05, 4.69) is 16.9 Å². The van der Waals surface area contributed by atoms with E-state index in [4.69, 9.17) is 4.42 Å². The number of likely N-dealkylation sites (N-methyl/N-ethyl adjacent to an activating group) is 1. The first kappa shape index (κ1) is 17.2. The van der Waals surface area contributed by atoms with Gasteiger partial charge in [-0.15, -0.1) is 0 Å². The van der Waals surface area contributed by atoms with Crippen LogP contribution in [0, 0.1) is 12.8 Å². The minimum atomic E-state index is 0.108. The molecule has 0 aromatic carbocycles.